The average Bonchev–Trinajstić information content (AvgIpc) is 2.27. The number of carbonyl (C=O) groups excluding carboxylic acids is 1. The Hall–Kier alpha value is -1.01. The van der Waals surface area contributed by atoms with Gasteiger partial charge in [-0.3, -0.25) is 4.79 Å². The van der Waals surface area contributed by atoms with Gasteiger partial charge in [0, 0.05) is 17.6 Å². The number of halogens is 3. The van der Waals surface area contributed by atoms with E-state index in [4.69, 9.17) is 0 Å². The first-order valence-corrected chi connectivity index (χ1v) is 6.40. The van der Waals surface area contributed by atoms with Crippen LogP contribution in [0.2, 0.25) is 0 Å². The summed E-state index contributed by atoms with van der Waals surface area (Å²) < 4.78 is 27.5. The van der Waals surface area contributed by atoms with Crippen molar-refractivity contribution in [3.05, 3.63) is 33.8 Å². The number of nitrogens with zero attached hydrogens (tertiary/aromatic N) is 1. The first-order valence-electron chi connectivity index (χ1n) is 5.61. The number of hydrogen-bond acceptors (Lipinski definition) is 2. The predicted octanol–water partition coefficient (Wildman–Crippen LogP) is 2.32. The van der Waals surface area contributed by atoms with E-state index in [0.29, 0.717) is 19.4 Å². The van der Waals surface area contributed by atoms with Crippen LogP contribution >= 0.6 is 15.9 Å². The van der Waals surface area contributed by atoms with Crippen molar-refractivity contribution in [1.82, 2.24) is 4.90 Å². The van der Waals surface area contributed by atoms with E-state index >= 15 is 0 Å². The number of piperidine rings is 1. The maximum absolute atomic E-state index is 13.6. The van der Waals surface area contributed by atoms with Gasteiger partial charge in [-0.15, -0.1) is 0 Å². The third-order valence-electron chi connectivity index (χ3n) is 2.90. The van der Waals surface area contributed by atoms with Crippen LogP contribution in [0.1, 0.15) is 23.2 Å². The van der Waals surface area contributed by atoms with E-state index in [9.17, 15) is 18.7 Å². The summed E-state index contributed by atoms with van der Waals surface area (Å²) in [6.07, 6.45) is 0.617. The molecule has 1 fully saturated rings. The second kappa shape index (κ2) is 5.32. The highest BCUT2D eigenvalue weighted by Crippen LogP contribution is 2.22. The fraction of sp³-hybridized carbons (Fsp3) is 0.417. The maximum Gasteiger partial charge on any atom is 0.259 e. The van der Waals surface area contributed by atoms with E-state index in [1.165, 1.54) is 4.90 Å². The van der Waals surface area contributed by atoms with Gasteiger partial charge in [-0.25, -0.2) is 8.78 Å². The lowest BCUT2D eigenvalue weighted by Crippen LogP contribution is -2.42. The zero-order valence-corrected chi connectivity index (χ0v) is 11.1. The number of carbonyl (C=O) groups is 1. The summed E-state index contributed by atoms with van der Waals surface area (Å²) in [4.78, 5) is 13.3. The zero-order chi connectivity index (χ0) is 13.3. The third kappa shape index (κ3) is 2.70. The molecule has 0 aliphatic carbocycles. The molecule has 0 saturated carbocycles. The van der Waals surface area contributed by atoms with E-state index in [1.54, 1.807) is 0 Å². The van der Waals surface area contributed by atoms with E-state index in [1.807, 2.05) is 0 Å². The molecule has 1 aromatic carbocycles. The third-order valence-corrected chi connectivity index (χ3v) is 3.36. The van der Waals surface area contributed by atoms with Gasteiger partial charge >= 0.3 is 0 Å². The normalized spacial score (nSPS) is 20.0. The quantitative estimate of drug-likeness (QED) is 0.863. The van der Waals surface area contributed by atoms with Crippen LogP contribution in [0.5, 0.6) is 0 Å². The highest BCUT2D eigenvalue weighted by atomic mass is 79.9. The van der Waals surface area contributed by atoms with Crippen molar-refractivity contribution in [1.29, 1.82) is 0 Å². The average molecular weight is 320 g/mol. The largest absolute Gasteiger partial charge is 0.391 e. The highest BCUT2D eigenvalue weighted by Gasteiger charge is 2.27. The summed E-state index contributed by atoms with van der Waals surface area (Å²) in [5.41, 5.74) is -0.563. The van der Waals surface area contributed by atoms with E-state index < -0.39 is 29.2 Å². The van der Waals surface area contributed by atoms with Crippen molar-refractivity contribution >= 4 is 21.8 Å². The minimum Gasteiger partial charge on any atom is -0.391 e. The van der Waals surface area contributed by atoms with Gasteiger partial charge in [-0.05, 0) is 25.0 Å². The second-order valence-electron chi connectivity index (χ2n) is 4.29. The van der Waals surface area contributed by atoms with Crippen molar-refractivity contribution in [3.63, 3.8) is 0 Å². The van der Waals surface area contributed by atoms with Crippen LogP contribution in [-0.2, 0) is 0 Å². The fourth-order valence-corrected chi connectivity index (χ4v) is 2.45. The Bertz CT molecular complexity index is 458. The van der Waals surface area contributed by atoms with Crippen molar-refractivity contribution < 1.29 is 18.7 Å². The Morgan fingerprint density at radius 3 is 2.56 bits per heavy atom. The maximum atomic E-state index is 13.6. The molecule has 0 spiro atoms. The van der Waals surface area contributed by atoms with Crippen molar-refractivity contribution in [3.8, 4) is 0 Å². The molecule has 0 radical (unpaired) electrons. The minimum atomic E-state index is -0.896. The Balaban J connectivity index is 2.28. The topological polar surface area (TPSA) is 40.5 Å². The predicted molar refractivity (Wildman–Crippen MR) is 65.2 cm³/mol. The van der Waals surface area contributed by atoms with Crippen LogP contribution in [0, 0.1) is 11.6 Å². The van der Waals surface area contributed by atoms with Crippen LogP contribution in [0.15, 0.2) is 16.6 Å². The fourth-order valence-electron chi connectivity index (χ4n) is 2.04. The molecule has 98 valence electrons. The molecule has 3 nitrogen and oxygen atoms in total. The lowest BCUT2D eigenvalue weighted by Gasteiger charge is -2.30. The highest BCUT2D eigenvalue weighted by molar-refractivity contribution is 9.10. The molecule has 1 amide bonds. The minimum absolute atomic E-state index is 0.119. The van der Waals surface area contributed by atoms with Crippen molar-refractivity contribution in [2.45, 2.75) is 18.9 Å². The number of aliphatic hydroxyl groups excluding tert-OH is 1. The van der Waals surface area contributed by atoms with Crippen LogP contribution in [-0.4, -0.2) is 35.1 Å². The number of hydrogen-bond donors (Lipinski definition) is 1. The van der Waals surface area contributed by atoms with Crippen LogP contribution in [0.25, 0.3) is 0 Å². The van der Waals surface area contributed by atoms with Gasteiger partial charge in [0.25, 0.3) is 5.91 Å². The second-order valence-corrected chi connectivity index (χ2v) is 5.21. The smallest absolute Gasteiger partial charge is 0.259 e. The molecule has 18 heavy (non-hydrogen) atoms. The van der Waals surface area contributed by atoms with E-state index in [-0.39, 0.29) is 11.0 Å². The Kier molecular flexibility index (Phi) is 3.97. The van der Waals surface area contributed by atoms with Gasteiger partial charge in [0.05, 0.1) is 6.10 Å². The number of benzene rings is 1. The van der Waals surface area contributed by atoms with Gasteiger partial charge in [0.2, 0.25) is 0 Å². The molecule has 1 aromatic rings. The summed E-state index contributed by atoms with van der Waals surface area (Å²) in [6.45, 7) is 0.526. The Morgan fingerprint density at radius 1 is 1.39 bits per heavy atom. The lowest BCUT2D eigenvalue weighted by molar-refractivity contribution is 0.0465. The summed E-state index contributed by atoms with van der Waals surface area (Å²) in [5, 5.41) is 9.47. The van der Waals surface area contributed by atoms with Crippen LogP contribution < -0.4 is 0 Å². The number of rotatable bonds is 1. The standard InChI is InChI=1S/C12H12BrF2NO2/c13-7-4-9(14)11(10(15)5-7)12(18)16-3-1-2-8(17)6-16/h4-5,8,17H,1-3,6H2. The van der Waals surface area contributed by atoms with Crippen molar-refractivity contribution in [2.24, 2.45) is 0 Å². The molecule has 2 rings (SSSR count). The first kappa shape index (κ1) is 13.4. The number of aliphatic hydroxyl groups is 1. The molecule has 1 N–H and O–H groups in total. The molecule has 1 aliphatic rings. The number of amides is 1. The van der Waals surface area contributed by atoms with Gasteiger partial charge < -0.3 is 10.0 Å². The zero-order valence-electron chi connectivity index (χ0n) is 9.50. The number of β-amino-alcohol motifs (C(OH)–C–C–N with tert-alkyl or cyclic N) is 1. The summed E-state index contributed by atoms with van der Waals surface area (Å²) in [5.74, 6) is -2.50. The molecule has 6 heteroatoms. The summed E-state index contributed by atoms with van der Waals surface area (Å²) >= 11 is 2.96. The molecule has 1 aliphatic heterocycles. The van der Waals surface area contributed by atoms with Gasteiger partial charge in [-0.2, -0.15) is 0 Å². The molecule has 0 bridgehead atoms. The van der Waals surface area contributed by atoms with Gasteiger partial charge in [-0.1, -0.05) is 15.9 Å². The monoisotopic (exact) mass is 319 g/mol. The number of likely N-dealkylation sites (tertiary alicyclic amines) is 1. The van der Waals surface area contributed by atoms with E-state index in [0.717, 1.165) is 12.1 Å². The Morgan fingerprint density at radius 2 is 2.00 bits per heavy atom. The molecule has 0 aromatic heterocycles. The van der Waals surface area contributed by atoms with Crippen LogP contribution in [0.3, 0.4) is 0 Å². The first-order chi connectivity index (χ1) is 8.49. The molecule has 1 atom stereocenters. The molecule has 1 unspecified atom stereocenters. The summed E-state index contributed by atoms with van der Waals surface area (Å²) in [7, 11) is 0. The van der Waals surface area contributed by atoms with Crippen LogP contribution in [0.4, 0.5) is 8.78 Å². The van der Waals surface area contributed by atoms with Gasteiger partial charge in [0.1, 0.15) is 17.2 Å². The van der Waals surface area contributed by atoms with Gasteiger partial charge in [0.15, 0.2) is 0 Å². The molecule has 1 saturated heterocycles. The lowest BCUT2D eigenvalue weighted by atomic mass is 10.1. The molecule has 1 heterocycles. The van der Waals surface area contributed by atoms with Crippen molar-refractivity contribution in [2.75, 3.05) is 13.1 Å². The van der Waals surface area contributed by atoms with E-state index in [2.05, 4.69) is 15.9 Å². The summed E-state index contributed by atoms with van der Waals surface area (Å²) in [6, 6.07) is 2.10. The molecular weight excluding hydrogens is 308 g/mol. The molecular formula is C12H12BrF2NO2. The SMILES string of the molecule is O=C(c1c(F)cc(Br)cc1F)N1CCCC(O)C1. The Labute approximate surface area is 112 Å².